The van der Waals surface area contributed by atoms with Crippen molar-refractivity contribution in [3.8, 4) is 29.0 Å². The molecule has 4 aromatic rings. The van der Waals surface area contributed by atoms with Crippen LogP contribution < -0.4 is 15.9 Å². The molecule has 182 valence electrons. The summed E-state index contributed by atoms with van der Waals surface area (Å²) in [6, 6.07) is 11.5. The van der Waals surface area contributed by atoms with Crippen molar-refractivity contribution in [3.63, 3.8) is 0 Å². The fraction of sp³-hybridized carbons (Fsp3) is 0.125. The Morgan fingerprint density at radius 1 is 1.14 bits per heavy atom. The number of ether oxygens (including phenoxy) is 1. The summed E-state index contributed by atoms with van der Waals surface area (Å²) >= 11 is 0. The van der Waals surface area contributed by atoms with Gasteiger partial charge in [-0.15, -0.1) is 0 Å². The Labute approximate surface area is 200 Å². The van der Waals surface area contributed by atoms with Gasteiger partial charge in [-0.3, -0.25) is 14.2 Å². The van der Waals surface area contributed by atoms with E-state index in [-0.39, 0.29) is 28.3 Å². The number of rotatable bonds is 5. The molecule has 0 aliphatic heterocycles. The van der Waals surface area contributed by atoms with E-state index in [9.17, 15) is 27.2 Å². The fourth-order valence-corrected chi connectivity index (χ4v) is 3.37. The summed E-state index contributed by atoms with van der Waals surface area (Å²) in [5, 5.41) is 9.11. The van der Waals surface area contributed by atoms with E-state index in [0.29, 0.717) is 11.9 Å². The first-order valence-corrected chi connectivity index (χ1v) is 10.3. The molecular formula is C24H15F4N5O3. The van der Waals surface area contributed by atoms with Gasteiger partial charge in [0.2, 0.25) is 5.75 Å². The van der Waals surface area contributed by atoms with Crippen molar-refractivity contribution < 1.29 is 22.3 Å². The van der Waals surface area contributed by atoms with Crippen molar-refractivity contribution in [2.24, 2.45) is 0 Å². The molecular weight excluding hydrogens is 482 g/mol. The highest BCUT2D eigenvalue weighted by Gasteiger charge is 2.38. The molecule has 0 saturated heterocycles. The second-order valence-corrected chi connectivity index (χ2v) is 7.67. The number of nitrogens with zero attached hydrogens (tertiary/aromatic N) is 4. The van der Waals surface area contributed by atoms with Gasteiger partial charge in [0.1, 0.15) is 17.4 Å². The smallest absolute Gasteiger partial charge is 0.437 e. The molecule has 0 radical (unpaired) electrons. The largest absolute Gasteiger partial charge is 0.449 e. The molecule has 8 nitrogen and oxygen atoms in total. The minimum atomic E-state index is -5.02. The molecule has 12 heteroatoms. The molecule has 0 aliphatic carbocycles. The van der Waals surface area contributed by atoms with Crippen molar-refractivity contribution in [3.05, 3.63) is 104 Å². The monoisotopic (exact) mass is 497 g/mol. The summed E-state index contributed by atoms with van der Waals surface area (Å²) in [4.78, 5) is 35.3. The topological polar surface area (TPSA) is 114 Å². The molecule has 0 atom stereocenters. The Bertz CT molecular complexity index is 1620. The number of nitrogens with one attached hydrogen (secondary N) is 1. The van der Waals surface area contributed by atoms with Crippen LogP contribution in [0, 0.1) is 24.1 Å². The molecule has 36 heavy (non-hydrogen) atoms. The molecule has 0 saturated carbocycles. The van der Waals surface area contributed by atoms with Gasteiger partial charge in [0, 0.05) is 6.20 Å². The van der Waals surface area contributed by atoms with Crippen molar-refractivity contribution >= 4 is 0 Å². The molecule has 2 aromatic heterocycles. The van der Waals surface area contributed by atoms with Crippen LogP contribution in [0.4, 0.5) is 17.6 Å². The lowest BCUT2D eigenvalue weighted by molar-refractivity contribution is -0.142. The van der Waals surface area contributed by atoms with E-state index in [1.54, 1.807) is 13.0 Å². The molecule has 0 fully saturated rings. The van der Waals surface area contributed by atoms with Crippen molar-refractivity contribution in [1.29, 1.82) is 5.26 Å². The number of nitriles is 1. The van der Waals surface area contributed by atoms with Gasteiger partial charge in [0.05, 0.1) is 35.6 Å². The van der Waals surface area contributed by atoms with Gasteiger partial charge in [0.25, 0.3) is 11.1 Å². The zero-order valence-corrected chi connectivity index (χ0v) is 18.4. The van der Waals surface area contributed by atoms with Crippen LogP contribution in [0.2, 0.25) is 0 Å². The number of hydrogen-bond acceptors (Lipinski definition) is 6. The van der Waals surface area contributed by atoms with E-state index in [2.05, 4.69) is 15.0 Å². The van der Waals surface area contributed by atoms with Crippen LogP contribution >= 0.6 is 0 Å². The van der Waals surface area contributed by atoms with Gasteiger partial charge in [-0.2, -0.15) is 18.4 Å². The molecule has 0 unspecified atom stereocenters. The minimum absolute atomic E-state index is 0.0418. The van der Waals surface area contributed by atoms with Crippen LogP contribution in [0.15, 0.2) is 64.6 Å². The number of aromatic amines is 1. The van der Waals surface area contributed by atoms with Crippen LogP contribution in [0.1, 0.15) is 22.4 Å². The van der Waals surface area contributed by atoms with Crippen LogP contribution in [-0.4, -0.2) is 19.5 Å². The Balaban J connectivity index is 1.74. The molecule has 2 heterocycles. The third kappa shape index (κ3) is 5.00. The van der Waals surface area contributed by atoms with E-state index < -0.39 is 41.1 Å². The fourth-order valence-electron chi connectivity index (χ4n) is 3.37. The number of halogens is 4. The second kappa shape index (κ2) is 9.46. The summed E-state index contributed by atoms with van der Waals surface area (Å²) in [7, 11) is 0. The zero-order chi connectivity index (χ0) is 26.0. The highest BCUT2D eigenvalue weighted by molar-refractivity contribution is 5.55. The van der Waals surface area contributed by atoms with Gasteiger partial charge in [-0.25, -0.2) is 14.4 Å². The average molecular weight is 497 g/mol. The molecule has 4 rings (SSSR count). The van der Waals surface area contributed by atoms with Gasteiger partial charge in [-0.05, 0) is 42.8 Å². The standard InChI is InChI=1S/C24H15F4N5O3/c1-13-6-14(9-29)8-16(7-13)36-19-20(24(26,27)28)31-12-33(23(19)35)11-15-10-30-21(32-22(15)34)17-4-2-3-5-18(17)25/h2-8,10,12H,11H2,1H3,(H,30,32,34). The van der Waals surface area contributed by atoms with E-state index in [4.69, 9.17) is 10.00 Å². The highest BCUT2D eigenvalue weighted by Crippen LogP contribution is 2.34. The third-order valence-corrected chi connectivity index (χ3v) is 5.01. The summed E-state index contributed by atoms with van der Waals surface area (Å²) in [5.41, 5.74) is -2.91. The first-order chi connectivity index (χ1) is 17.1. The van der Waals surface area contributed by atoms with Crippen LogP contribution in [0.5, 0.6) is 11.5 Å². The number of hydrogen-bond donors (Lipinski definition) is 1. The summed E-state index contributed by atoms with van der Waals surface area (Å²) in [6.45, 7) is 1.11. The zero-order valence-electron chi connectivity index (χ0n) is 18.4. The molecule has 0 amide bonds. The average Bonchev–Trinajstić information content (AvgIpc) is 2.82. The Morgan fingerprint density at radius 3 is 2.56 bits per heavy atom. The van der Waals surface area contributed by atoms with Gasteiger partial charge in [0.15, 0.2) is 5.69 Å². The van der Waals surface area contributed by atoms with Gasteiger partial charge < -0.3 is 9.72 Å². The lowest BCUT2D eigenvalue weighted by Gasteiger charge is -2.15. The number of aryl methyl sites for hydroxylation is 1. The van der Waals surface area contributed by atoms with E-state index >= 15 is 0 Å². The molecule has 0 bridgehead atoms. The molecule has 0 spiro atoms. The maximum absolute atomic E-state index is 14.0. The van der Waals surface area contributed by atoms with Crippen molar-refractivity contribution in [2.45, 2.75) is 19.6 Å². The highest BCUT2D eigenvalue weighted by atomic mass is 19.4. The number of alkyl halides is 3. The first-order valence-electron chi connectivity index (χ1n) is 10.3. The lowest BCUT2D eigenvalue weighted by atomic mass is 10.1. The summed E-state index contributed by atoms with van der Waals surface area (Å²) in [6.07, 6.45) is -3.29. The first kappa shape index (κ1) is 24.3. The predicted octanol–water partition coefficient (Wildman–Crippen LogP) is 4.17. The van der Waals surface area contributed by atoms with E-state index in [1.165, 1.54) is 36.4 Å². The molecule has 0 aliphatic rings. The van der Waals surface area contributed by atoms with Crippen molar-refractivity contribution in [2.75, 3.05) is 0 Å². The number of aromatic nitrogens is 4. The normalized spacial score (nSPS) is 11.2. The van der Waals surface area contributed by atoms with E-state index in [0.717, 1.165) is 10.8 Å². The summed E-state index contributed by atoms with van der Waals surface area (Å²) in [5.74, 6) is -1.96. The number of H-pyrrole nitrogens is 1. The Kier molecular flexibility index (Phi) is 6.39. The van der Waals surface area contributed by atoms with Crippen LogP contribution in [0.3, 0.4) is 0 Å². The Morgan fingerprint density at radius 2 is 1.89 bits per heavy atom. The number of benzene rings is 2. The Hall–Kier alpha value is -4.79. The van der Waals surface area contributed by atoms with Crippen LogP contribution in [-0.2, 0) is 12.7 Å². The van der Waals surface area contributed by atoms with Gasteiger partial charge in [-0.1, -0.05) is 12.1 Å². The maximum atomic E-state index is 14.0. The predicted molar refractivity (Wildman–Crippen MR) is 119 cm³/mol. The molecule has 1 N–H and O–H groups in total. The quantitative estimate of drug-likeness (QED) is 0.414. The second-order valence-electron chi connectivity index (χ2n) is 7.67. The van der Waals surface area contributed by atoms with Crippen LogP contribution in [0.25, 0.3) is 11.4 Å². The molecule has 2 aromatic carbocycles. The minimum Gasteiger partial charge on any atom is -0.449 e. The lowest BCUT2D eigenvalue weighted by Crippen LogP contribution is -2.28. The van der Waals surface area contributed by atoms with Crippen molar-refractivity contribution in [1.82, 2.24) is 19.5 Å². The van der Waals surface area contributed by atoms with E-state index in [1.807, 2.05) is 6.07 Å². The summed E-state index contributed by atoms with van der Waals surface area (Å²) < 4.78 is 60.8. The maximum Gasteiger partial charge on any atom is 0.437 e. The third-order valence-electron chi connectivity index (χ3n) is 5.01. The van der Waals surface area contributed by atoms with Gasteiger partial charge >= 0.3 is 6.18 Å². The SMILES string of the molecule is Cc1cc(C#N)cc(Oc2c(C(F)(F)F)ncn(Cc3cnc(-c4ccccc4F)[nH]c3=O)c2=O)c1.